The summed E-state index contributed by atoms with van der Waals surface area (Å²) in [6.07, 6.45) is 1.82. The van der Waals surface area contributed by atoms with Crippen LogP contribution in [0.4, 0.5) is 0 Å². The highest BCUT2D eigenvalue weighted by molar-refractivity contribution is 14.1. The Morgan fingerprint density at radius 3 is 2.64 bits per heavy atom. The van der Waals surface area contributed by atoms with Crippen molar-refractivity contribution in [3.63, 3.8) is 0 Å². The molecule has 0 N–H and O–H groups in total. The Kier molecular flexibility index (Phi) is 4.13. The van der Waals surface area contributed by atoms with E-state index in [0.717, 1.165) is 0 Å². The molecule has 0 saturated carbocycles. The number of halogens is 1. The van der Waals surface area contributed by atoms with E-state index in [1.165, 1.54) is 9.13 Å². The number of hydrogen-bond donors (Lipinski definition) is 0. The summed E-state index contributed by atoms with van der Waals surface area (Å²) in [7, 11) is 0. The zero-order valence-corrected chi connectivity index (χ0v) is 10.7. The summed E-state index contributed by atoms with van der Waals surface area (Å²) >= 11 is 2.32. The van der Waals surface area contributed by atoms with E-state index in [4.69, 9.17) is 4.74 Å². The van der Waals surface area contributed by atoms with Crippen molar-refractivity contribution >= 4 is 22.6 Å². The highest BCUT2D eigenvalue weighted by Gasteiger charge is 2.13. The van der Waals surface area contributed by atoms with Crippen LogP contribution in [0.3, 0.4) is 0 Å². The molecule has 76 valence electrons. The predicted molar refractivity (Wildman–Crippen MR) is 68.2 cm³/mol. The summed E-state index contributed by atoms with van der Waals surface area (Å²) < 4.78 is 6.96. The van der Waals surface area contributed by atoms with E-state index < -0.39 is 0 Å². The van der Waals surface area contributed by atoms with Crippen molar-refractivity contribution in [1.82, 2.24) is 0 Å². The molecule has 0 atom stereocenters. The van der Waals surface area contributed by atoms with Crippen LogP contribution in [0.15, 0.2) is 36.9 Å². The van der Waals surface area contributed by atoms with Crippen LogP contribution in [-0.2, 0) is 11.3 Å². The minimum Gasteiger partial charge on any atom is -0.367 e. The monoisotopic (exact) mass is 302 g/mol. The van der Waals surface area contributed by atoms with Gasteiger partial charge in [-0.25, -0.2) is 0 Å². The van der Waals surface area contributed by atoms with Crippen LogP contribution in [0, 0.1) is 3.57 Å². The van der Waals surface area contributed by atoms with Gasteiger partial charge in [-0.1, -0.05) is 24.3 Å². The minimum absolute atomic E-state index is 0.251. The molecule has 0 aliphatic heterocycles. The van der Waals surface area contributed by atoms with Gasteiger partial charge in [0.05, 0.1) is 12.2 Å². The molecule has 1 nitrogen and oxygen atoms in total. The molecule has 14 heavy (non-hydrogen) atoms. The third kappa shape index (κ3) is 3.42. The number of rotatable bonds is 4. The number of hydrogen-bond acceptors (Lipinski definition) is 1. The van der Waals surface area contributed by atoms with Crippen molar-refractivity contribution in [2.45, 2.75) is 26.1 Å². The Morgan fingerprint density at radius 2 is 2.07 bits per heavy atom. The summed E-state index contributed by atoms with van der Waals surface area (Å²) in [5, 5.41) is 0. The average Bonchev–Trinajstić information content (AvgIpc) is 2.17. The maximum Gasteiger partial charge on any atom is 0.0808 e. The first kappa shape index (κ1) is 11.7. The van der Waals surface area contributed by atoms with Crippen LogP contribution in [0.1, 0.15) is 19.4 Å². The van der Waals surface area contributed by atoms with Crippen LogP contribution in [-0.4, -0.2) is 5.60 Å². The Bertz CT molecular complexity index is 318. The first-order valence-corrected chi connectivity index (χ1v) is 5.64. The van der Waals surface area contributed by atoms with Gasteiger partial charge in [0.1, 0.15) is 0 Å². The van der Waals surface area contributed by atoms with E-state index in [9.17, 15) is 0 Å². The predicted octanol–water partition coefficient (Wildman–Crippen LogP) is 3.77. The lowest BCUT2D eigenvalue weighted by molar-refractivity contribution is 0.00708. The molecular weight excluding hydrogens is 287 g/mol. The molecule has 0 saturated heterocycles. The van der Waals surface area contributed by atoms with Crippen LogP contribution in [0.2, 0.25) is 0 Å². The van der Waals surface area contributed by atoms with Crippen molar-refractivity contribution in [3.8, 4) is 0 Å². The minimum atomic E-state index is -0.251. The molecule has 0 radical (unpaired) electrons. The van der Waals surface area contributed by atoms with E-state index in [1.54, 1.807) is 0 Å². The van der Waals surface area contributed by atoms with Crippen LogP contribution < -0.4 is 0 Å². The summed E-state index contributed by atoms with van der Waals surface area (Å²) in [5.41, 5.74) is 0.974. The summed E-state index contributed by atoms with van der Waals surface area (Å²) in [5.74, 6) is 0. The van der Waals surface area contributed by atoms with Crippen molar-refractivity contribution in [1.29, 1.82) is 0 Å². The molecule has 0 bridgehead atoms. The van der Waals surface area contributed by atoms with Crippen LogP contribution in [0.25, 0.3) is 0 Å². The fourth-order valence-electron chi connectivity index (χ4n) is 0.938. The van der Waals surface area contributed by atoms with Gasteiger partial charge < -0.3 is 4.74 Å². The fraction of sp³-hybridized carbons (Fsp3) is 0.333. The maximum atomic E-state index is 5.72. The first-order valence-electron chi connectivity index (χ1n) is 4.56. The molecule has 1 rings (SSSR count). The Hall–Kier alpha value is -0.350. The van der Waals surface area contributed by atoms with Crippen molar-refractivity contribution in [3.05, 3.63) is 46.1 Å². The molecule has 1 aromatic rings. The fourth-order valence-corrected chi connectivity index (χ4v) is 1.48. The standard InChI is InChI=1S/C12H15IO/c1-4-12(2,3)14-9-10-7-5-6-8-11(10)13/h4-8H,1,9H2,2-3H3. The van der Waals surface area contributed by atoms with Gasteiger partial charge in [0, 0.05) is 3.57 Å². The lowest BCUT2D eigenvalue weighted by Crippen LogP contribution is -2.20. The van der Waals surface area contributed by atoms with Crippen molar-refractivity contribution < 1.29 is 4.74 Å². The molecule has 1 aromatic carbocycles. The smallest absolute Gasteiger partial charge is 0.0808 e. The molecular formula is C12H15IO. The van der Waals surface area contributed by atoms with Gasteiger partial charge >= 0.3 is 0 Å². The van der Waals surface area contributed by atoms with Gasteiger partial charge in [-0.15, -0.1) is 6.58 Å². The SMILES string of the molecule is C=CC(C)(C)OCc1ccccc1I. The van der Waals surface area contributed by atoms with Gasteiger partial charge in [-0.3, -0.25) is 0 Å². The molecule has 0 heterocycles. The Labute approximate surface area is 99.3 Å². The average molecular weight is 302 g/mol. The second kappa shape index (κ2) is 4.94. The van der Waals surface area contributed by atoms with Gasteiger partial charge in [-0.2, -0.15) is 0 Å². The van der Waals surface area contributed by atoms with E-state index in [1.807, 2.05) is 32.1 Å². The molecule has 0 aromatic heterocycles. The van der Waals surface area contributed by atoms with E-state index >= 15 is 0 Å². The quantitative estimate of drug-likeness (QED) is 0.607. The maximum absolute atomic E-state index is 5.72. The lowest BCUT2D eigenvalue weighted by atomic mass is 10.1. The van der Waals surface area contributed by atoms with Crippen LogP contribution in [0.5, 0.6) is 0 Å². The molecule has 0 unspecified atom stereocenters. The first-order chi connectivity index (χ1) is 6.55. The highest BCUT2D eigenvalue weighted by Crippen LogP contribution is 2.17. The Morgan fingerprint density at radius 1 is 1.43 bits per heavy atom. The van der Waals surface area contributed by atoms with Crippen molar-refractivity contribution in [2.24, 2.45) is 0 Å². The highest BCUT2D eigenvalue weighted by atomic mass is 127. The number of benzene rings is 1. The molecule has 0 fully saturated rings. The molecule has 0 spiro atoms. The van der Waals surface area contributed by atoms with Gasteiger partial charge in [0.25, 0.3) is 0 Å². The second-order valence-electron chi connectivity index (χ2n) is 3.69. The summed E-state index contributed by atoms with van der Waals surface area (Å²) in [4.78, 5) is 0. The van der Waals surface area contributed by atoms with Gasteiger partial charge in [0.15, 0.2) is 0 Å². The molecule has 0 amide bonds. The van der Waals surface area contributed by atoms with Gasteiger partial charge in [-0.05, 0) is 48.1 Å². The van der Waals surface area contributed by atoms with E-state index in [-0.39, 0.29) is 5.60 Å². The molecule has 0 aliphatic rings. The summed E-state index contributed by atoms with van der Waals surface area (Å²) in [6, 6.07) is 8.23. The topological polar surface area (TPSA) is 9.23 Å². The molecule has 2 heteroatoms. The van der Waals surface area contributed by atoms with Crippen LogP contribution >= 0.6 is 22.6 Å². The van der Waals surface area contributed by atoms with E-state index in [2.05, 4.69) is 41.3 Å². The van der Waals surface area contributed by atoms with Gasteiger partial charge in [0.2, 0.25) is 0 Å². The Balaban J connectivity index is 2.62. The third-order valence-electron chi connectivity index (χ3n) is 2.05. The number of ether oxygens (including phenoxy) is 1. The van der Waals surface area contributed by atoms with Crippen molar-refractivity contribution in [2.75, 3.05) is 0 Å². The zero-order valence-electron chi connectivity index (χ0n) is 8.59. The third-order valence-corrected chi connectivity index (χ3v) is 3.10. The largest absolute Gasteiger partial charge is 0.367 e. The lowest BCUT2D eigenvalue weighted by Gasteiger charge is -2.21. The normalized spacial score (nSPS) is 11.4. The second-order valence-corrected chi connectivity index (χ2v) is 4.85. The summed E-state index contributed by atoms with van der Waals surface area (Å²) in [6.45, 7) is 8.40. The van der Waals surface area contributed by atoms with E-state index in [0.29, 0.717) is 6.61 Å². The molecule has 0 aliphatic carbocycles. The zero-order chi connectivity index (χ0) is 10.6.